The minimum Gasteiger partial charge on any atom is -0.480 e. The summed E-state index contributed by atoms with van der Waals surface area (Å²) in [5, 5.41) is 17.7. The molecule has 4 N–H and O–H groups in total. The van der Waals surface area contributed by atoms with Gasteiger partial charge in [-0.2, -0.15) is 0 Å². The van der Waals surface area contributed by atoms with Gasteiger partial charge in [0.1, 0.15) is 6.04 Å². The second-order valence-electron chi connectivity index (χ2n) is 3.65. The molecule has 0 aliphatic rings. The predicted molar refractivity (Wildman–Crippen MR) is 45.8 cm³/mol. The Bertz CT molecular complexity index is 151. The van der Waals surface area contributed by atoms with Crippen LogP contribution in [0.25, 0.3) is 0 Å². The molecule has 0 rings (SSSR count). The number of aliphatic hydroxyl groups is 1. The van der Waals surface area contributed by atoms with Crippen molar-refractivity contribution in [1.29, 1.82) is 0 Å². The Morgan fingerprint density at radius 3 is 2.42 bits per heavy atom. The molecule has 0 aromatic rings. The van der Waals surface area contributed by atoms with E-state index in [1.807, 2.05) is 0 Å². The smallest absolute Gasteiger partial charge is 0.320 e. The Kier molecular flexibility index (Phi) is 4.20. The number of nitrogens with two attached hydrogens (primary N) is 1. The lowest BCUT2D eigenvalue weighted by Crippen LogP contribution is -2.30. The molecule has 0 saturated carbocycles. The van der Waals surface area contributed by atoms with Gasteiger partial charge in [-0.15, -0.1) is 0 Å². The van der Waals surface area contributed by atoms with Crippen LogP contribution in [-0.4, -0.2) is 27.8 Å². The Balaban J connectivity index is 3.51. The molecule has 0 spiro atoms. The third-order valence-electron chi connectivity index (χ3n) is 1.62. The van der Waals surface area contributed by atoms with E-state index in [4.69, 9.17) is 10.8 Å². The van der Waals surface area contributed by atoms with Crippen LogP contribution < -0.4 is 5.73 Å². The van der Waals surface area contributed by atoms with Crippen molar-refractivity contribution in [2.24, 2.45) is 5.73 Å². The van der Waals surface area contributed by atoms with E-state index in [0.29, 0.717) is 19.3 Å². The molecule has 72 valence electrons. The van der Waals surface area contributed by atoms with Crippen LogP contribution in [0.15, 0.2) is 0 Å². The zero-order valence-electron chi connectivity index (χ0n) is 7.58. The average Bonchev–Trinajstić information content (AvgIpc) is 1.84. The van der Waals surface area contributed by atoms with Crippen LogP contribution in [0.4, 0.5) is 0 Å². The van der Waals surface area contributed by atoms with Gasteiger partial charge >= 0.3 is 5.97 Å². The van der Waals surface area contributed by atoms with Crippen molar-refractivity contribution in [2.75, 3.05) is 0 Å². The molecule has 1 unspecified atom stereocenters. The van der Waals surface area contributed by atoms with Crippen LogP contribution in [0.1, 0.15) is 33.1 Å². The summed E-state index contributed by atoms with van der Waals surface area (Å²) in [6.45, 7) is 3.39. The Morgan fingerprint density at radius 1 is 1.58 bits per heavy atom. The van der Waals surface area contributed by atoms with Gasteiger partial charge in [0.15, 0.2) is 0 Å². The highest BCUT2D eigenvalue weighted by Crippen LogP contribution is 2.12. The molecule has 0 aromatic heterocycles. The molecule has 0 heterocycles. The first-order valence-corrected chi connectivity index (χ1v) is 4.04. The van der Waals surface area contributed by atoms with Crippen molar-refractivity contribution < 1.29 is 15.0 Å². The Hall–Kier alpha value is -0.610. The first-order chi connectivity index (χ1) is 5.33. The van der Waals surface area contributed by atoms with Gasteiger partial charge in [0.25, 0.3) is 0 Å². The number of aliphatic carboxylic acids is 1. The molecule has 0 bridgehead atoms. The van der Waals surface area contributed by atoms with E-state index in [1.54, 1.807) is 13.8 Å². The molecule has 12 heavy (non-hydrogen) atoms. The summed E-state index contributed by atoms with van der Waals surface area (Å²) in [6.07, 6.45) is 1.63. The summed E-state index contributed by atoms with van der Waals surface area (Å²) in [5.74, 6) is -0.981. The first-order valence-electron chi connectivity index (χ1n) is 4.04. The minimum absolute atomic E-state index is 0.416. The zero-order chi connectivity index (χ0) is 9.78. The summed E-state index contributed by atoms with van der Waals surface area (Å²) in [7, 11) is 0. The van der Waals surface area contributed by atoms with Crippen LogP contribution >= 0.6 is 0 Å². The molecular weight excluding hydrogens is 158 g/mol. The molecule has 4 heteroatoms. The predicted octanol–water partition coefficient (Wildman–Crippen LogP) is 0.339. The van der Waals surface area contributed by atoms with Gasteiger partial charge in [-0.05, 0) is 33.1 Å². The van der Waals surface area contributed by atoms with Crippen molar-refractivity contribution in [3.05, 3.63) is 0 Å². The maximum absolute atomic E-state index is 10.3. The van der Waals surface area contributed by atoms with Crippen molar-refractivity contribution in [3.8, 4) is 0 Å². The second-order valence-corrected chi connectivity index (χ2v) is 3.65. The number of hydrogen-bond acceptors (Lipinski definition) is 3. The number of carboxylic acids is 1. The van der Waals surface area contributed by atoms with Gasteiger partial charge in [0.2, 0.25) is 0 Å². The van der Waals surface area contributed by atoms with E-state index >= 15 is 0 Å². The van der Waals surface area contributed by atoms with Gasteiger partial charge in [-0.3, -0.25) is 4.79 Å². The van der Waals surface area contributed by atoms with Crippen LogP contribution in [0.5, 0.6) is 0 Å². The SMILES string of the molecule is CC(C)(O)CCCC(N)C(=O)O. The standard InChI is InChI=1S/C8H17NO3/c1-8(2,12)5-3-4-6(9)7(10)11/h6,12H,3-5,9H2,1-2H3,(H,10,11). The Labute approximate surface area is 72.4 Å². The van der Waals surface area contributed by atoms with E-state index in [1.165, 1.54) is 0 Å². The fourth-order valence-corrected chi connectivity index (χ4v) is 0.878. The van der Waals surface area contributed by atoms with Crippen molar-refractivity contribution in [2.45, 2.75) is 44.8 Å². The molecular formula is C8H17NO3. The van der Waals surface area contributed by atoms with Crippen LogP contribution in [0, 0.1) is 0 Å². The molecule has 0 radical (unpaired) electrons. The van der Waals surface area contributed by atoms with Crippen LogP contribution in [0.2, 0.25) is 0 Å². The maximum atomic E-state index is 10.3. The Morgan fingerprint density at radius 2 is 2.08 bits per heavy atom. The third-order valence-corrected chi connectivity index (χ3v) is 1.62. The summed E-state index contributed by atoms with van der Waals surface area (Å²) in [6, 6.07) is -0.799. The van der Waals surface area contributed by atoms with E-state index in [0.717, 1.165) is 0 Å². The molecule has 0 amide bonds. The fraction of sp³-hybridized carbons (Fsp3) is 0.875. The lowest BCUT2D eigenvalue weighted by atomic mass is 10.00. The molecule has 0 saturated heterocycles. The molecule has 1 atom stereocenters. The van der Waals surface area contributed by atoms with Gasteiger partial charge < -0.3 is 15.9 Å². The minimum atomic E-state index is -0.981. The monoisotopic (exact) mass is 175 g/mol. The summed E-state index contributed by atoms with van der Waals surface area (Å²) >= 11 is 0. The first kappa shape index (κ1) is 11.4. The van der Waals surface area contributed by atoms with Crippen molar-refractivity contribution >= 4 is 5.97 Å². The topological polar surface area (TPSA) is 83.5 Å². The number of rotatable bonds is 5. The number of carbonyl (C=O) groups is 1. The fourth-order valence-electron chi connectivity index (χ4n) is 0.878. The highest BCUT2D eigenvalue weighted by atomic mass is 16.4. The molecule has 4 nitrogen and oxygen atoms in total. The second kappa shape index (κ2) is 4.42. The zero-order valence-corrected chi connectivity index (χ0v) is 7.58. The van der Waals surface area contributed by atoms with Gasteiger partial charge in [-0.25, -0.2) is 0 Å². The van der Waals surface area contributed by atoms with Crippen LogP contribution in [0.3, 0.4) is 0 Å². The maximum Gasteiger partial charge on any atom is 0.320 e. The van der Waals surface area contributed by atoms with E-state index in [2.05, 4.69) is 0 Å². The number of carboxylic acid groups (broad SMARTS) is 1. The van der Waals surface area contributed by atoms with E-state index in [9.17, 15) is 9.90 Å². The van der Waals surface area contributed by atoms with Crippen molar-refractivity contribution in [1.82, 2.24) is 0 Å². The van der Waals surface area contributed by atoms with E-state index in [-0.39, 0.29) is 0 Å². The summed E-state index contributed by atoms with van der Waals surface area (Å²) < 4.78 is 0. The lowest BCUT2D eigenvalue weighted by molar-refractivity contribution is -0.138. The summed E-state index contributed by atoms with van der Waals surface area (Å²) in [5.41, 5.74) is 4.54. The van der Waals surface area contributed by atoms with Gasteiger partial charge in [0, 0.05) is 0 Å². The molecule has 0 aromatic carbocycles. The normalized spacial score (nSPS) is 14.3. The van der Waals surface area contributed by atoms with Gasteiger partial charge in [0.05, 0.1) is 5.60 Å². The highest BCUT2D eigenvalue weighted by molar-refractivity contribution is 5.72. The quantitative estimate of drug-likeness (QED) is 0.562. The largest absolute Gasteiger partial charge is 0.480 e. The average molecular weight is 175 g/mol. The lowest BCUT2D eigenvalue weighted by Gasteiger charge is -2.17. The van der Waals surface area contributed by atoms with Gasteiger partial charge in [-0.1, -0.05) is 0 Å². The molecule has 0 aliphatic heterocycles. The van der Waals surface area contributed by atoms with Crippen molar-refractivity contribution in [3.63, 3.8) is 0 Å². The molecule has 0 fully saturated rings. The van der Waals surface area contributed by atoms with Crippen LogP contribution in [-0.2, 0) is 4.79 Å². The summed E-state index contributed by atoms with van der Waals surface area (Å²) in [4.78, 5) is 10.3. The van der Waals surface area contributed by atoms with E-state index < -0.39 is 17.6 Å². The number of hydrogen-bond donors (Lipinski definition) is 3. The third kappa shape index (κ3) is 6.12. The highest BCUT2D eigenvalue weighted by Gasteiger charge is 2.15. The molecule has 0 aliphatic carbocycles.